The minimum atomic E-state index is -4.69. The maximum atomic E-state index is 12.9. The van der Waals surface area contributed by atoms with Crippen molar-refractivity contribution in [3.63, 3.8) is 0 Å². The van der Waals surface area contributed by atoms with Crippen LogP contribution in [-0.2, 0) is 4.79 Å². The number of hydrazone groups is 1. The predicted octanol–water partition coefficient (Wildman–Crippen LogP) is 3.01. The molecule has 10 heteroatoms. The number of alkyl halides is 3. The highest BCUT2D eigenvalue weighted by Gasteiger charge is 2.46. The van der Waals surface area contributed by atoms with Crippen LogP contribution in [0.3, 0.4) is 0 Å². The lowest BCUT2D eigenvalue weighted by Gasteiger charge is -2.20. The largest absolute Gasteiger partial charge is 0.441 e. The summed E-state index contributed by atoms with van der Waals surface area (Å²) in [5, 5.41) is 10.3. The van der Waals surface area contributed by atoms with Gasteiger partial charge in [-0.15, -0.1) is 0 Å². The number of rotatable bonds is 1. The third kappa shape index (κ3) is 2.89. The van der Waals surface area contributed by atoms with Crippen LogP contribution in [0.1, 0.15) is 5.56 Å². The van der Waals surface area contributed by atoms with Crippen molar-refractivity contribution in [1.82, 2.24) is 5.01 Å². The fraction of sp³-hybridized carbons (Fsp3) is 0.0769. The molecule has 2 aliphatic heterocycles. The van der Waals surface area contributed by atoms with Crippen LogP contribution in [0.4, 0.5) is 17.6 Å². The Balaban J connectivity index is 1.97. The van der Waals surface area contributed by atoms with Gasteiger partial charge in [0, 0.05) is 0 Å². The van der Waals surface area contributed by atoms with E-state index in [-0.39, 0.29) is 22.5 Å². The molecule has 118 valence electrons. The minimum Gasteiger partial charge on any atom is -0.282 e. The van der Waals surface area contributed by atoms with Gasteiger partial charge in [-0.05, 0) is 35.5 Å². The Morgan fingerprint density at radius 3 is 2.48 bits per heavy atom. The van der Waals surface area contributed by atoms with Crippen LogP contribution in [0.15, 0.2) is 39.9 Å². The number of carbonyl (C=O) groups is 1. The van der Waals surface area contributed by atoms with Gasteiger partial charge in [0.1, 0.15) is 5.82 Å². The number of amides is 1. The number of hydrogen-bond acceptors (Lipinski definition) is 4. The molecule has 0 bridgehead atoms. The van der Waals surface area contributed by atoms with Gasteiger partial charge in [-0.25, -0.2) is 4.39 Å². The van der Waals surface area contributed by atoms with Crippen LogP contribution >= 0.6 is 11.8 Å². The quantitative estimate of drug-likeness (QED) is 0.630. The highest BCUT2D eigenvalue weighted by atomic mass is 32.2. The Labute approximate surface area is 130 Å². The van der Waals surface area contributed by atoms with Crippen LogP contribution in [-0.4, -0.2) is 33.1 Å². The Kier molecular flexibility index (Phi) is 3.55. The maximum Gasteiger partial charge on any atom is 0.441 e. The van der Waals surface area contributed by atoms with Gasteiger partial charge in [-0.3, -0.25) is 10.2 Å². The summed E-state index contributed by atoms with van der Waals surface area (Å²) in [4.78, 5) is 15.5. The van der Waals surface area contributed by atoms with Crippen molar-refractivity contribution in [1.29, 1.82) is 5.41 Å². The van der Waals surface area contributed by atoms with Gasteiger partial charge in [0.15, 0.2) is 5.84 Å². The average molecular weight is 342 g/mol. The highest BCUT2D eigenvalue weighted by molar-refractivity contribution is 8.27. The van der Waals surface area contributed by atoms with Crippen molar-refractivity contribution in [2.45, 2.75) is 6.18 Å². The lowest BCUT2D eigenvalue weighted by molar-refractivity contribution is -0.114. The number of carbonyl (C=O) groups excluding carboxylic acids is 1. The zero-order chi connectivity index (χ0) is 16.8. The van der Waals surface area contributed by atoms with Crippen molar-refractivity contribution < 1.29 is 22.4 Å². The fourth-order valence-corrected chi connectivity index (χ4v) is 2.59. The molecule has 1 amide bonds. The molecule has 0 aromatic heterocycles. The van der Waals surface area contributed by atoms with Gasteiger partial charge in [0.05, 0.1) is 5.57 Å². The van der Waals surface area contributed by atoms with Crippen molar-refractivity contribution in [2.75, 3.05) is 0 Å². The smallest absolute Gasteiger partial charge is 0.282 e. The van der Waals surface area contributed by atoms with Gasteiger partial charge in [-0.2, -0.15) is 28.3 Å². The molecule has 1 aromatic carbocycles. The molecule has 3 rings (SSSR count). The molecule has 1 N–H and O–H groups in total. The van der Waals surface area contributed by atoms with Crippen LogP contribution in [0.5, 0.6) is 0 Å². The average Bonchev–Trinajstić information content (AvgIpc) is 2.89. The van der Waals surface area contributed by atoms with E-state index < -0.39 is 28.8 Å². The summed E-state index contributed by atoms with van der Waals surface area (Å²) in [7, 11) is 0. The second-order valence-corrected chi connectivity index (χ2v) is 5.43. The molecular weight excluding hydrogens is 336 g/mol. The second kappa shape index (κ2) is 5.30. The van der Waals surface area contributed by atoms with E-state index in [1.165, 1.54) is 18.2 Å². The molecule has 23 heavy (non-hydrogen) atoms. The zero-order valence-corrected chi connectivity index (χ0v) is 11.9. The lowest BCUT2D eigenvalue weighted by atomic mass is 10.1. The highest BCUT2D eigenvalue weighted by Crippen LogP contribution is 2.35. The van der Waals surface area contributed by atoms with Crippen molar-refractivity contribution >= 4 is 39.8 Å². The summed E-state index contributed by atoms with van der Waals surface area (Å²) >= 11 is 0.182. The molecule has 0 spiro atoms. The summed E-state index contributed by atoms with van der Waals surface area (Å²) in [5.74, 6) is -1.85. The van der Waals surface area contributed by atoms with E-state index in [0.717, 1.165) is 12.1 Å². The van der Waals surface area contributed by atoms with Crippen LogP contribution < -0.4 is 0 Å². The van der Waals surface area contributed by atoms with Crippen molar-refractivity contribution in [2.24, 2.45) is 10.1 Å². The summed E-state index contributed by atoms with van der Waals surface area (Å²) in [5.41, 5.74) is 0.179. The van der Waals surface area contributed by atoms with Crippen LogP contribution in [0.2, 0.25) is 0 Å². The third-order valence-corrected chi connectivity index (χ3v) is 3.83. The molecule has 5 nitrogen and oxygen atoms in total. The van der Waals surface area contributed by atoms with E-state index in [2.05, 4.69) is 10.1 Å². The van der Waals surface area contributed by atoms with Crippen molar-refractivity contribution in [3.8, 4) is 0 Å². The van der Waals surface area contributed by atoms with E-state index in [9.17, 15) is 22.4 Å². The fourth-order valence-electron chi connectivity index (χ4n) is 1.83. The first-order valence-electron chi connectivity index (χ1n) is 6.09. The summed E-state index contributed by atoms with van der Waals surface area (Å²) < 4.78 is 50.9. The topological polar surface area (TPSA) is 68.9 Å². The maximum absolute atomic E-state index is 12.9. The normalized spacial score (nSPS) is 19.8. The van der Waals surface area contributed by atoms with E-state index in [1.807, 2.05) is 0 Å². The number of nitrogens with zero attached hydrogens (tertiary/aromatic N) is 3. The van der Waals surface area contributed by atoms with Gasteiger partial charge >= 0.3 is 6.18 Å². The molecule has 0 aliphatic carbocycles. The number of hydrogen-bond donors (Lipinski definition) is 1. The summed E-state index contributed by atoms with van der Waals surface area (Å²) in [6.45, 7) is 0. The Morgan fingerprint density at radius 2 is 1.87 bits per heavy atom. The van der Waals surface area contributed by atoms with Crippen molar-refractivity contribution in [3.05, 3.63) is 41.2 Å². The number of nitrogens with one attached hydrogen (secondary N) is 1. The minimum absolute atomic E-state index is 0.182. The molecule has 1 aromatic rings. The number of fused-ring (bicyclic) bond motifs is 1. The van der Waals surface area contributed by atoms with Gasteiger partial charge in [0.25, 0.3) is 5.91 Å². The molecule has 0 atom stereocenters. The molecule has 2 aliphatic rings. The number of aliphatic imine (C=N–C) groups is 1. The Morgan fingerprint density at radius 1 is 1.22 bits per heavy atom. The Hall–Kier alpha value is -2.49. The zero-order valence-electron chi connectivity index (χ0n) is 11.1. The predicted molar refractivity (Wildman–Crippen MR) is 77.5 cm³/mol. The Bertz CT molecular complexity index is 795. The molecule has 2 heterocycles. The van der Waals surface area contributed by atoms with E-state index in [0.29, 0.717) is 10.6 Å². The first kappa shape index (κ1) is 15.4. The number of benzene rings is 1. The van der Waals surface area contributed by atoms with E-state index in [1.54, 1.807) is 0 Å². The molecular formula is C13H6F4N4OS. The summed E-state index contributed by atoms with van der Waals surface area (Å²) in [6.07, 6.45) is -3.44. The molecule has 0 saturated carbocycles. The van der Waals surface area contributed by atoms with E-state index in [4.69, 9.17) is 5.41 Å². The molecule has 0 unspecified atom stereocenters. The number of thioether (sulfide) groups is 1. The van der Waals surface area contributed by atoms with E-state index >= 15 is 0 Å². The van der Waals surface area contributed by atoms with Gasteiger partial charge < -0.3 is 0 Å². The lowest BCUT2D eigenvalue weighted by Crippen LogP contribution is -2.35. The van der Waals surface area contributed by atoms with Crippen LogP contribution in [0.25, 0.3) is 6.08 Å². The number of halogens is 4. The van der Waals surface area contributed by atoms with Gasteiger partial charge in [-0.1, -0.05) is 12.1 Å². The first-order valence-corrected chi connectivity index (χ1v) is 6.90. The SMILES string of the molecule is N=C1/C(=C/c2ccc(F)cc2)C(=O)N=C2SC(C(F)(F)F)=NN12. The third-order valence-electron chi connectivity index (χ3n) is 2.88. The van der Waals surface area contributed by atoms with Gasteiger partial charge in [0.2, 0.25) is 10.2 Å². The molecule has 0 radical (unpaired) electrons. The standard InChI is InChI=1S/C13H6F4N4OS/c14-7-3-1-6(2-4-7)5-8-9(18)21-12(19-10(8)22)23-11(20-21)13(15,16)17/h1-5,18H/b8-5-,18-9?. The monoisotopic (exact) mass is 342 g/mol. The molecule has 0 fully saturated rings. The molecule has 0 saturated heterocycles. The summed E-state index contributed by atoms with van der Waals surface area (Å²) in [6, 6.07) is 5.05. The second-order valence-electron chi connectivity index (χ2n) is 4.47. The first-order chi connectivity index (χ1) is 10.8. The van der Waals surface area contributed by atoms with Crippen LogP contribution in [0, 0.1) is 11.2 Å². The number of amidine groups is 2.